The van der Waals surface area contributed by atoms with Crippen LogP contribution in [0, 0.1) is 0 Å². The Balaban J connectivity index is 2.07. The number of anilines is 1. The summed E-state index contributed by atoms with van der Waals surface area (Å²) in [6, 6.07) is 3.93. The van der Waals surface area contributed by atoms with Crippen molar-refractivity contribution in [3.63, 3.8) is 0 Å². The molecule has 5 nitrogen and oxygen atoms in total. The molecule has 2 rings (SSSR count). The van der Waals surface area contributed by atoms with Crippen molar-refractivity contribution in [3.8, 4) is 0 Å². The van der Waals surface area contributed by atoms with Crippen LogP contribution in [0.15, 0.2) is 12.1 Å². The minimum atomic E-state index is 0.0306. The number of hydrogen-bond donors (Lipinski definition) is 1. The number of likely N-dealkylation sites (tertiary alicyclic amines) is 1. The first-order valence-electron chi connectivity index (χ1n) is 6.82. The lowest BCUT2D eigenvalue weighted by molar-refractivity contribution is 0.0663. The largest absolute Gasteiger partial charge is 0.373 e. The molecule has 0 aromatic carbocycles. The normalized spacial score (nSPS) is 16.6. The van der Waals surface area contributed by atoms with Crippen molar-refractivity contribution in [2.45, 2.75) is 18.9 Å². The van der Waals surface area contributed by atoms with Crippen LogP contribution in [0.3, 0.4) is 0 Å². The fourth-order valence-electron chi connectivity index (χ4n) is 2.52. The number of aromatic nitrogens is 1. The van der Waals surface area contributed by atoms with E-state index in [9.17, 15) is 4.79 Å². The molecular formula is C14H21ClN4O. The summed E-state index contributed by atoms with van der Waals surface area (Å²) in [5.41, 5.74) is 0.595. The Hall–Kier alpha value is -1.33. The van der Waals surface area contributed by atoms with E-state index in [0.29, 0.717) is 22.6 Å². The molecule has 1 amide bonds. The van der Waals surface area contributed by atoms with Gasteiger partial charge in [0.05, 0.1) is 0 Å². The molecule has 0 atom stereocenters. The third-order valence-corrected chi connectivity index (χ3v) is 3.97. The highest BCUT2D eigenvalue weighted by Gasteiger charge is 2.25. The molecule has 1 saturated heterocycles. The Morgan fingerprint density at radius 2 is 2.05 bits per heavy atom. The van der Waals surface area contributed by atoms with Crippen molar-refractivity contribution in [2.75, 3.05) is 39.5 Å². The van der Waals surface area contributed by atoms with Crippen LogP contribution in [0.4, 0.5) is 5.82 Å². The van der Waals surface area contributed by atoms with Crippen LogP contribution >= 0.6 is 11.6 Å². The number of rotatable bonds is 3. The van der Waals surface area contributed by atoms with Crippen molar-refractivity contribution < 1.29 is 4.79 Å². The summed E-state index contributed by atoms with van der Waals surface area (Å²) in [7, 11) is 5.93. The number of nitrogens with one attached hydrogen (secondary N) is 1. The minimum absolute atomic E-state index is 0.0306. The zero-order valence-electron chi connectivity index (χ0n) is 12.2. The Bertz CT molecular complexity index is 484. The zero-order chi connectivity index (χ0) is 14.7. The molecule has 0 aliphatic carbocycles. The standard InChI is InChI=1S/C14H21ClN4O/c1-16-13-9-10(8-12(15)17-13)14(20)19-6-4-11(5-7-19)18(2)3/h8-9,11H,4-7H2,1-3H3,(H,16,17). The quantitative estimate of drug-likeness (QED) is 0.866. The first kappa shape index (κ1) is 15.1. The van der Waals surface area contributed by atoms with Gasteiger partial charge in [0, 0.05) is 31.7 Å². The van der Waals surface area contributed by atoms with Crippen molar-refractivity contribution in [3.05, 3.63) is 22.8 Å². The van der Waals surface area contributed by atoms with Crippen LogP contribution in [0.25, 0.3) is 0 Å². The second kappa shape index (κ2) is 6.41. The monoisotopic (exact) mass is 296 g/mol. The molecule has 1 fully saturated rings. The van der Waals surface area contributed by atoms with Crippen LogP contribution in [-0.4, -0.2) is 61.0 Å². The van der Waals surface area contributed by atoms with Gasteiger partial charge in [0.2, 0.25) is 0 Å². The van der Waals surface area contributed by atoms with Gasteiger partial charge in [-0.2, -0.15) is 0 Å². The summed E-state index contributed by atoms with van der Waals surface area (Å²) in [5, 5.41) is 3.25. The van der Waals surface area contributed by atoms with Gasteiger partial charge in [-0.1, -0.05) is 11.6 Å². The molecule has 2 heterocycles. The fraction of sp³-hybridized carbons (Fsp3) is 0.571. The van der Waals surface area contributed by atoms with E-state index in [2.05, 4.69) is 29.3 Å². The van der Waals surface area contributed by atoms with Gasteiger partial charge in [0.25, 0.3) is 5.91 Å². The molecule has 1 aliphatic heterocycles. The molecule has 0 saturated carbocycles. The fourth-order valence-corrected chi connectivity index (χ4v) is 2.72. The van der Waals surface area contributed by atoms with Crippen LogP contribution in [-0.2, 0) is 0 Å². The van der Waals surface area contributed by atoms with Gasteiger partial charge in [0.1, 0.15) is 11.0 Å². The van der Waals surface area contributed by atoms with E-state index in [1.807, 2.05) is 4.90 Å². The molecule has 1 aromatic rings. The number of pyridine rings is 1. The van der Waals surface area contributed by atoms with Crippen molar-refractivity contribution in [2.24, 2.45) is 0 Å². The van der Waals surface area contributed by atoms with E-state index in [4.69, 9.17) is 11.6 Å². The maximum Gasteiger partial charge on any atom is 0.254 e. The lowest BCUT2D eigenvalue weighted by Gasteiger charge is -2.35. The lowest BCUT2D eigenvalue weighted by atomic mass is 10.0. The highest BCUT2D eigenvalue weighted by Crippen LogP contribution is 2.19. The SMILES string of the molecule is CNc1cc(C(=O)N2CCC(N(C)C)CC2)cc(Cl)n1. The number of carbonyl (C=O) groups excluding carboxylic acids is 1. The van der Waals surface area contributed by atoms with Crippen LogP contribution < -0.4 is 5.32 Å². The zero-order valence-corrected chi connectivity index (χ0v) is 12.9. The molecule has 0 spiro atoms. The van der Waals surface area contributed by atoms with Crippen LogP contribution in [0.2, 0.25) is 5.15 Å². The maximum atomic E-state index is 12.5. The molecule has 0 unspecified atom stereocenters. The third-order valence-electron chi connectivity index (χ3n) is 3.78. The Labute approximate surface area is 124 Å². The first-order valence-corrected chi connectivity index (χ1v) is 7.20. The summed E-state index contributed by atoms with van der Waals surface area (Å²) < 4.78 is 0. The second-order valence-corrected chi connectivity index (χ2v) is 5.69. The van der Waals surface area contributed by atoms with E-state index in [0.717, 1.165) is 25.9 Å². The van der Waals surface area contributed by atoms with E-state index in [1.165, 1.54) is 0 Å². The smallest absolute Gasteiger partial charge is 0.254 e. The average molecular weight is 297 g/mol. The van der Waals surface area contributed by atoms with E-state index < -0.39 is 0 Å². The topological polar surface area (TPSA) is 48.5 Å². The summed E-state index contributed by atoms with van der Waals surface area (Å²) in [4.78, 5) is 20.7. The van der Waals surface area contributed by atoms with Gasteiger partial charge in [0.15, 0.2) is 0 Å². The molecule has 1 aliphatic rings. The van der Waals surface area contributed by atoms with Gasteiger partial charge in [-0.3, -0.25) is 4.79 Å². The number of hydrogen-bond acceptors (Lipinski definition) is 4. The maximum absolute atomic E-state index is 12.5. The van der Waals surface area contributed by atoms with Crippen LogP contribution in [0.5, 0.6) is 0 Å². The van der Waals surface area contributed by atoms with Gasteiger partial charge < -0.3 is 15.1 Å². The first-order chi connectivity index (χ1) is 9.51. The van der Waals surface area contributed by atoms with Crippen molar-refractivity contribution in [1.82, 2.24) is 14.8 Å². The predicted octanol–water partition coefficient (Wildman–Crippen LogP) is 1.94. The number of nitrogens with zero attached hydrogens (tertiary/aromatic N) is 3. The molecule has 110 valence electrons. The molecule has 1 aromatic heterocycles. The summed E-state index contributed by atoms with van der Waals surface area (Å²) >= 11 is 5.95. The lowest BCUT2D eigenvalue weighted by Crippen LogP contribution is -2.44. The molecule has 0 radical (unpaired) electrons. The van der Waals surface area contributed by atoms with E-state index in [-0.39, 0.29) is 5.91 Å². The molecular weight excluding hydrogens is 276 g/mol. The summed E-state index contributed by atoms with van der Waals surface area (Å²) in [6.45, 7) is 1.58. The van der Waals surface area contributed by atoms with E-state index >= 15 is 0 Å². The third kappa shape index (κ3) is 3.41. The van der Waals surface area contributed by atoms with E-state index in [1.54, 1.807) is 19.2 Å². The molecule has 0 bridgehead atoms. The molecule has 6 heteroatoms. The van der Waals surface area contributed by atoms with Gasteiger partial charge in [-0.05, 0) is 39.1 Å². The summed E-state index contributed by atoms with van der Waals surface area (Å²) in [5.74, 6) is 0.645. The Morgan fingerprint density at radius 1 is 1.40 bits per heavy atom. The second-order valence-electron chi connectivity index (χ2n) is 5.30. The van der Waals surface area contributed by atoms with Gasteiger partial charge in [-0.15, -0.1) is 0 Å². The minimum Gasteiger partial charge on any atom is -0.373 e. The molecule has 20 heavy (non-hydrogen) atoms. The predicted molar refractivity (Wildman–Crippen MR) is 81.4 cm³/mol. The van der Waals surface area contributed by atoms with Crippen LogP contribution in [0.1, 0.15) is 23.2 Å². The van der Waals surface area contributed by atoms with Gasteiger partial charge in [-0.25, -0.2) is 4.98 Å². The van der Waals surface area contributed by atoms with Crippen molar-refractivity contribution in [1.29, 1.82) is 0 Å². The average Bonchev–Trinajstić information content (AvgIpc) is 2.45. The van der Waals surface area contributed by atoms with Crippen molar-refractivity contribution >= 4 is 23.3 Å². The van der Waals surface area contributed by atoms with Gasteiger partial charge >= 0.3 is 0 Å². The summed E-state index contributed by atoms with van der Waals surface area (Å²) in [6.07, 6.45) is 2.02. The highest BCUT2D eigenvalue weighted by atomic mass is 35.5. The number of piperidine rings is 1. The number of halogens is 1. The Morgan fingerprint density at radius 3 is 2.60 bits per heavy atom. The number of carbonyl (C=O) groups is 1. The number of amides is 1. The Kier molecular flexibility index (Phi) is 4.83. The molecule has 1 N–H and O–H groups in total. The highest BCUT2D eigenvalue weighted by molar-refractivity contribution is 6.29.